The maximum atomic E-state index is 10.1. The van der Waals surface area contributed by atoms with Crippen molar-refractivity contribution in [3.05, 3.63) is 0 Å². The Morgan fingerprint density at radius 3 is 2.50 bits per heavy atom. The molecular formula is C5H9NO4. The molecule has 1 aliphatic rings. The third kappa shape index (κ3) is 0.985. The van der Waals surface area contributed by atoms with Crippen LogP contribution in [-0.4, -0.2) is 46.1 Å². The number of carboxylic acids is 1. The lowest BCUT2D eigenvalue weighted by molar-refractivity contribution is -0.150. The molecule has 5 nitrogen and oxygen atoms in total. The van der Waals surface area contributed by atoms with Crippen LogP contribution in [0.25, 0.3) is 0 Å². The smallest absolute Gasteiger partial charge is 0.323 e. The first kappa shape index (κ1) is 7.46. The van der Waals surface area contributed by atoms with Gasteiger partial charge in [-0.2, -0.15) is 0 Å². The lowest BCUT2D eigenvalue weighted by Crippen LogP contribution is -2.69. The predicted molar refractivity (Wildman–Crippen MR) is 31.4 cm³/mol. The molecule has 1 heterocycles. The van der Waals surface area contributed by atoms with Crippen LogP contribution in [0.3, 0.4) is 0 Å². The molecule has 1 saturated heterocycles. The molecule has 4 N–H and O–H groups in total. The molecule has 3 atom stereocenters. The van der Waals surface area contributed by atoms with Crippen LogP contribution >= 0.6 is 0 Å². The van der Waals surface area contributed by atoms with Gasteiger partial charge in [0, 0.05) is 0 Å². The molecule has 0 spiro atoms. The molecule has 5 heteroatoms. The summed E-state index contributed by atoms with van der Waals surface area (Å²) in [5.41, 5.74) is 0. The topological polar surface area (TPSA) is 89.8 Å². The van der Waals surface area contributed by atoms with Gasteiger partial charge in [0.1, 0.15) is 6.04 Å². The average molecular weight is 147 g/mol. The van der Waals surface area contributed by atoms with E-state index in [4.69, 9.17) is 15.3 Å². The van der Waals surface area contributed by atoms with E-state index in [2.05, 4.69) is 5.32 Å². The number of aliphatic carboxylic acids is 1. The van der Waals surface area contributed by atoms with Crippen molar-refractivity contribution in [2.24, 2.45) is 0 Å². The molecule has 0 bridgehead atoms. The van der Waals surface area contributed by atoms with Crippen molar-refractivity contribution in [3.63, 3.8) is 0 Å². The third-order valence-electron chi connectivity index (χ3n) is 1.61. The third-order valence-corrected chi connectivity index (χ3v) is 1.61. The lowest BCUT2D eigenvalue weighted by atomic mass is 9.94. The Balaban J connectivity index is 2.39. The highest BCUT2D eigenvalue weighted by Crippen LogP contribution is 2.11. The van der Waals surface area contributed by atoms with Gasteiger partial charge >= 0.3 is 5.97 Å². The van der Waals surface area contributed by atoms with E-state index in [1.54, 1.807) is 0 Å². The summed E-state index contributed by atoms with van der Waals surface area (Å²) in [5.74, 6) is -1.09. The number of rotatable bonds is 2. The van der Waals surface area contributed by atoms with Gasteiger partial charge in [-0.1, -0.05) is 0 Å². The number of carboxylic acid groups (broad SMARTS) is 1. The maximum Gasteiger partial charge on any atom is 0.323 e. The van der Waals surface area contributed by atoms with E-state index in [0.29, 0.717) is 0 Å². The van der Waals surface area contributed by atoms with E-state index >= 15 is 0 Å². The highest BCUT2D eigenvalue weighted by atomic mass is 16.4. The minimum absolute atomic E-state index is 0.231. The van der Waals surface area contributed by atoms with Gasteiger partial charge in [-0.25, -0.2) is 0 Å². The van der Waals surface area contributed by atoms with E-state index < -0.39 is 24.2 Å². The molecule has 0 radical (unpaired) electrons. The summed E-state index contributed by atoms with van der Waals surface area (Å²) in [7, 11) is 0. The van der Waals surface area contributed by atoms with Crippen molar-refractivity contribution in [2.75, 3.05) is 6.61 Å². The molecule has 10 heavy (non-hydrogen) atoms. The summed E-state index contributed by atoms with van der Waals surface area (Å²) in [6.07, 6.45) is -0.956. The fraction of sp³-hybridized carbons (Fsp3) is 0.800. The van der Waals surface area contributed by atoms with E-state index in [-0.39, 0.29) is 6.61 Å². The van der Waals surface area contributed by atoms with Crippen LogP contribution in [0, 0.1) is 0 Å². The molecule has 58 valence electrons. The lowest BCUT2D eigenvalue weighted by Gasteiger charge is -2.38. The second-order valence-electron chi connectivity index (χ2n) is 2.26. The van der Waals surface area contributed by atoms with E-state index in [9.17, 15) is 4.79 Å². The Bertz CT molecular complexity index is 149. The maximum absolute atomic E-state index is 10.1. The van der Waals surface area contributed by atoms with Crippen LogP contribution in [0.1, 0.15) is 0 Å². The van der Waals surface area contributed by atoms with E-state index in [0.717, 1.165) is 0 Å². The fourth-order valence-electron chi connectivity index (χ4n) is 0.920. The van der Waals surface area contributed by atoms with Gasteiger partial charge in [-0.05, 0) is 0 Å². The van der Waals surface area contributed by atoms with Gasteiger partial charge in [0.05, 0.1) is 18.8 Å². The van der Waals surface area contributed by atoms with Gasteiger partial charge in [0.25, 0.3) is 0 Å². The second kappa shape index (κ2) is 2.53. The molecule has 0 unspecified atom stereocenters. The Kier molecular flexibility index (Phi) is 1.89. The number of aliphatic hydroxyl groups excluding tert-OH is 2. The molecule has 0 aromatic rings. The van der Waals surface area contributed by atoms with Crippen LogP contribution in [-0.2, 0) is 4.79 Å². The van der Waals surface area contributed by atoms with Crippen molar-refractivity contribution >= 4 is 5.97 Å². The van der Waals surface area contributed by atoms with Gasteiger partial charge in [0.15, 0.2) is 0 Å². The minimum atomic E-state index is -1.09. The molecular weight excluding hydrogens is 138 g/mol. The minimum Gasteiger partial charge on any atom is -0.480 e. The quantitative estimate of drug-likeness (QED) is 0.355. The number of aliphatic hydroxyl groups is 2. The summed E-state index contributed by atoms with van der Waals surface area (Å²) in [6, 6.07) is -1.38. The van der Waals surface area contributed by atoms with Crippen LogP contribution in [0.5, 0.6) is 0 Å². The number of hydrogen-bond donors (Lipinski definition) is 4. The summed E-state index contributed by atoms with van der Waals surface area (Å²) in [5, 5.41) is 28.2. The fourth-order valence-corrected chi connectivity index (χ4v) is 0.920. The summed E-state index contributed by atoms with van der Waals surface area (Å²) >= 11 is 0. The van der Waals surface area contributed by atoms with Crippen LogP contribution < -0.4 is 5.32 Å². The highest BCUT2D eigenvalue weighted by Gasteiger charge is 2.43. The molecule has 1 aliphatic heterocycles. The van der Waals surface area contributed by atoms with Crippen molar-refractivity contribution in [3.8, 4) is 0 Å². The van der Waals surface area contributed by atoms with Crippen molar-refractivity contribution in [1.82, 2.24) is 5.32 Å². The van der Waals surface area contributed by atoms with Crippen LogP contribution in [0.15, 0.2) is 0 Å². The van der Waals surface area contributed by atoms with Gasteiger partial charge < -0.3 is 15.3 Å². The standard InChI is InChI=1S/C5H9NO4/c7-1-2-4(8)3(6-2)5(9)10/h2-4,6-8H,1H2,(H,9,10)/t2-,3-,4-/m0/s1. The summed E-state index contributed by atoms with van der Waals surface area (Å²) in [4.78, 5) is 10.1. The van der Waals surface area contributed by atoms with E-state index in [1.807, 2.05) is 0 Å². The average Bonchev–Trinajstić information content (AvgIpc) is 1.85. The van der Waals surface area contributed by atoms with Crippen molar-refractivity contribution < 1.29 is 20.1 Å². The van der Waals surface area contributed by atoms with Crippen LogP contribution in [0.2, 0.25) is 0 Å². The number of hydrogen-bond acceptors (Lipinski definition) is 4. The molecule has 0 amide bonds. The van der Waals surface area contributed by atoms with Crippen molar-refractivity contribution in [1.29, 1.82) is 0 Å². The highest BCUT2D eigenvalue weighted by molar-refractivity contribution is 5.76. The Morgan fingerprint density at radius 1 is 1.60 bits per heavy atom. The predicted octanol–water partition coefficient (Wildman–Crippen LogP) is -2.24. The first-order chi connectivity index (χ1) is 4.66. The van der Waals surface area contributed by atoms with Crippen molar-refractivity contribution in [2.45, 2.75) is 18.2 Å². The first-order valence-electron chi connectivity index (χ1n) is 2.94. The van der Waals surface area contributed by atoms with Gasteiger partial charge in [0.2, 0.25) is 0 Å². The molecule has 0 aromatic heterocycles. The zero-order valence-electron chi connectivity index (χ0n) is 5.19. The zero-order chi connectivity index (χ0) is 7.72. The SMILES string of the molecule is O=C(O)[C@H]1N[C@@H](CO)[C@@H]1O. The summed E-state index contributed by atoms with van der Waals surface area (Å²) in [6.45, 7) is -0.231. The number of carbonyl (C=O) groups is 1. The van der Waals surface area contributed by atoms with Crippen LogP contribution in [0.4, 0.5) is 0 Å². The Morgan fingerprint density at radius 2 is 2.20 bits per heavy atom. The normalized spacial score (nSPS) is 38.8. The molecule has 1 fully saturated rings. The molecule has 0 saturated carbocycles. The van der Waals surface area contributed by atoms with Gasteiger partial charge in [-0.15, -0.1) is 0 Å². The monoisotopic (exact) mass is 147 g/mol. The molecule has 0 aliphatic carbocycles. The van der Waals surface area contributed by atoms with Gasteiger partial charge in [-0.3, -0.25) is 10.1 Å². The summed E-state index contributed by atoms with van der Waals surface area (Å²) < 4.78 is 0. The largest absolute Gasteiger partial charge is 0.480 e. The molecule has 0 aromatic carbocycles. The molecule has 1 rings (SSSR count). The Labute approximate surface area is 57.3 Å². The first-order valence-corrected chi connectivity index (χ1v) is 2.94. The number of nitrogens with one attached hydrogen (secondary N) is 1. The second-order valence-corrected chi connectivity index (χ2v) is 2.26. The van der Waals surface area contributed by atoms with E-state index in [1.165, 1.54) is 0 Å². The Hall–Kier alpha value is -0.650. The zero-order valence-corrected chi connectivity index (χ0v) is 5.19.